The highest BCUT2D eigenvalue weighted by molar-refractivity contribution is 7.99. The quantitative estimate of drug-likeness (QED) is 0.884. The number of likely N-dealkylation sites (tertiary alicyclic amines) is 1. The third kappa shape index (κ3) is 3.40. The molecule has 2 atom stereocenters. The molecule has 1 N–H and O–H groups in total. The molecule has 126 valence electrons. The highest BCUT2D eigenvalue weighted by atomic mass is 32.2. The Bertz CT molecular complexity index is 575. The Balaban J connectivity index is 1.63. The standard InChI is InChI=1S/C16H23N3O3S/c1-18(2)14-13(4-3-7-17-14)22-12-5-8-19(10-12)15(20)16(21)6-9-23-11-16/h3-4,7,12,21H,5-6,8-11H2,1-2H3/t12-,16+/m1/s1. The molecule has 0 unspecified atom stereocenters. The van der Waals surface area contributed by atoms with E-state index in [0.717, 1.165) is 23.7 Å². The summed E-state index contributed by atoms with van der Waals surface area (Å²) in [6.07, 6.45) is 3.00. The van der Waals surface area contributed by atoms with Gasteiger partial charge in [-0.1, -0.05) is 0 Å². The molecular weight excluding hydrogens is 314 g/mol. The lowest BCUT2D eigenvalue weighted by atomic mass is 10.0. The minimum absolute atomic E-state index is 0.0560. The molecule has 1 amide bonds. The average Bonchev–Trinajstić information content (AvgIpc) is 3.17. The van der Waals surface area contributed by atoms with E-state index in [0.29, 0.717) is 25.3 Å². The highest BCUT2D eigenvalue weighted by Gasteiger charge is 2.44. The van der Waals surface area contributed by atoms with Crippen molar-refractivity contribution in [2.45, 2.75) is 24.5 Å². The molecule has 2 fully saturated rings. The lowest BCUT2D eigenvalue weighted by Gasteiger charge is -2.27. The molecule has 2 aliphatic heterocycles. The number of aliphatic hydroxyl groups is 1. The number of rotatable bonds is 4. The van der Waals surface area contributed by atoms with Crippen molar-refractivity contribution in [1.29, 1.82) is 0 Å². The van der Waals surface area contributed by atoms with E-state index in [4.69, 9.17) is 4.74 Å². The van der Waals surface area contributed by atoms with Crippen LogP contribution in [-0.4, -0.2) is 71.3 Å². The van der Waals surface area contributed by atoms with Crippen molar-refractivity contribution in [1.82, 2.24) is 9.88 Å². The summed E-state index contributed by atoms with van der Waals surface area (Å²) in [6, 6.07) is 3.74. The first-order valence-corrected chi connectivity index (χ1v) is 9.03. The summed E-state index contributed by atoms with van der Waals surface area (Å²) in [7, 11) is 3.85. The van der Waals surface area contributed by atoms with Gasteiger partial charge in [0.1, 0.15) is 6.10 Å². The summed E-state index contributed by atoms with van der Waals surface area (Å²) < 4.78 is 6.06. The topological polar surface area (TPSA) is 65.9 Å². The van der Waals surface area contributed by atoms with Crippen LogP contribution in [0.5, 0.6) is 5.75 Å². The van der Waals surface area contributed by atoms with E-state index in [1.165, 1.54) is 0 Å². The van der Waals surface area contributed by atoms with Crippen molar-refractivity contribution in [2.24, 2.45) is 0 Å². The van der Waals surface area contributed by atoms with Gasteiger partial charge in [-0.2, -0.15) is 11.8 Å². The van der Waals surface area contributed by atoms with Gasteiger partial charge < -0.3 is 19.6 Å². The second-order valence-corrected chi connectivity index (χ2v) is 7.44. The molecule has 0 saturated carbocycles. The average molecular weight is 337 g/mol. The molecule has 2 saturated heterocycles. The molecule has 3 heterocycles. The maximum absolute atomic E-state index is 12.5. The highest BCUT2D eigenvalue weighted by Crippen LogP contribution is 2.32. The van der Waals surface area contributed by atoms with Crippen LogP contribution >= 0.6 is 11.8 Å². The Morgan fingerprint density at radius 3 is 3.09 bits per heavy atom. The molecule has 0 aromatic carbocycles. The number of anilines is 1. The predicted octanol–water partition coefficient (Wildman–Crippen LogP) is 0.995. The van der Waals surface area contributed by atoms with Gasteiger partial charge in [0.05, 0.1) is 6.54 Å². The van der Waals surface area contributed by atoms with Gasteiger partial charge in [0.25, 0.3) is 5.91 Å². The van der Waals surface area contributed by atoms with E-state index in [-0.39, 0.29) is 12.0 Å². The lowest BCUT2D eigenvalue weighted by molar-refractivity contribution is -0.147. The van der Waals surface area contributed by atoms with Gasteiger partial charge in [-0.3, -0.25) is 4.79 Å². The fourth-order valence-electron chi connectivity index (χ4n) is 3.02. The van der Waals surface area contributed by atoms with Gasteiger partial charge in [0.2, 0.25) is 0 Å². The number of pyridine rings is 1. The van der Waals surface area contributed by atoms with Crippen molar-refractivity contribution in [3.05, 3.63) is 18.3 Å². The van der Waals surface area contributed by atoms with Crippen molar-refractivity contribution >= 4 is 23.5 Å². The maximum atomic E-state index is 12.5. The van der Waals surface area contributed by atoms with Crippen LogP contribution in [0.25, 0.3) is 0 Å². The zero-order valence-corrected chi connectivity index (χ0v) is 14.4. The van der Waals surface area contributed by atoms with Gasteiger partial charge in [-0.25, -0.2) is 4.98 Å². The largest absolute Gasteiger partial charge is 0.485 e. The summed E-state index contributed by atoms with van der Waals surface area (Å²) >= 11 is 1.63. The summed E-state index contributed by atoms with van der Waals surface area (Å²) in [5.41, 5.74) is -1.18. The number of hydrogen-bond donors (Lipinski definition) is 1. The molecule has 6 nitrogen and oxygen atoms in total. The number of aromatic nitrogens is 1. The van der Waals surface area contributed by atoms with Gasteiger partial charge >= 0.3 is 0 Å². The molecule has 3 rings (SSSR count). The van der Waals surface area contributed by atoms with Crippen LogP contribution in [0.3, 0.4) is 0 Å². The van der Waals surface area contributed by atoms with Gasteiger partial charge in [-0.15, -0.1) is 0 Å². The first kappa shape index (κ1) is 16.4. The second-order valence-electron chi connectivity index (χ2n) is 6.33. The first-order valence-electron chi connectivity index (χ1n) is 7.88. The SMILES string of the molecule is CN(C)c1ncccc1O[C@@H]1CCN(C(=O)[C@]2(O)CCSC2)C1. The summed E-state index contributed by atoms with van der Waals surface area (Å²) in [5.74, 6) is 2.71. The minimum Gasteiger partial charge on any atom is -0.485 e. The number of ether oxygens (including phenoxy) is 1. The normalized spacial score (nSPS) is 27.3. The third-order valence-corrected chi connectivity index (χ3v) is 5.47. The van der Waals surface area contributed by atoms with Crippen LogP contribution in [0.2, 0.25) is 0 Å². The summed E-state index contributed by atoms with van der Waals surface area (Å²) in [5, 5.41) is 10.4. The molecule has 0 bridgehead atoms. The van der Waals surface area contributed by atoms with Crippen molar-refractivity contribution in [3.8, 4) is 5.75 Å². The molecule has 1 aromatic heterocycles. The molecule has 0 spiro atoms. The van der Waals surface area contributed by atoms with E-state index in [2.05, 4.69) is 4.98 Å². The van der Waals surface area contributed by atoms with Crippen LogP contribution in [0.4, 0.5) is 5.82 Å². The lowest BCUT2D eigenvalue weighted by Crippen LogP contribution is -2.48. The maximum Gasteiger partial charge on any atom is 0.255 e. The zero-order chi connectivity index (χ0) is 16.4. The van der Waals surface area contributed by atoms with Crippen molar-refractivity contribution in [3.63, 3.8) is 0 Å². The molecular formula is C16H23N3O3S. The molecule has 0 radical (unpaired) electrons. The van der Waals surface area contributed by atoms with E-state index >= 15 is 0 Å². The van der Waals surface area contributed by atoms with Crippen LogP contribution < -0.4 is 9.64 Å². The number of carbonyl (C=O) groups is 1. The Kier molecular flexibility index (Phi) is 4.68. The third-order valence-electron chi connectivity index (χ3n) is 4.30. The molecule has 23 heavy (non-hydrogen) atoms. The van der Waals surface area contributed by atoms with Crippen molar-refractivity contribution < 1.29 is 14.6 Å². The number of thioether (sulfide) groups is 1. The van der Waals surface area contributed by atoms with Crippen LogP contribution in [0.15, 0.2) is 18.3 Å². The Hall–Kier alpha value is -1.47. The predicted molar refractivity (Wildman–Crippen MR) is 91.1 cm³/mol. The molecule has 0 aliphatic carbocycles. The van der Waals surface area contributed by atoms with Crippen LogP contribution in [-0.2, 0) is 4.79 Å². The van der Waals surface area contributed by atoms with Crippen molar-refractivity contribution in [2.75, 3.05) is 43.6 Å². The molecule has 1 aromatic rings. The van der Waals surface area contributed by atoms with Gasteiger partial charge in [-0.05, 0) is 24.3 Å². The number of amides is 1. The first-order chi connectivity index (χ1) is 11.0. The monoisotopic (exact) mass is 337 g/mol. The van der Waals surface area contributed by atoms with Crippen LogP contribution in [0.1, 0.15) is 12.8 Å². The fraction of sp³-hybridized carbons (Fsp3) is 0.625. The minimum atomic E-state index is -1.18. The van der Waals surface area contributed by atoms with Gasteiger partial charge in [0, 0.05) is 39.0 Å². The van der Waals surface area contributed by atoms with Gasteiger partial charge in [0.15, 0.2) is 17.2 Å². The molecule has 2 aliphatic rings. The zero-order valence-electron chi connectivity index (χ0n) is 13.6. The Labute approximate surface area is 140 Å². The van der Waals surface area contributed by atoms with E-state index < -0.39 is 5.60 Å². The molecule has 7 heteroatoms. The van der Waals surface area contributed by atoms with E-state index in [1.807, 2.05) is 31.1 Å². The number of carbonyl (C=O) groups excluding carboxylic acids is 1. The summed E-state index contributed by atoms with van der Waals surface area (Å²) in [4.78, 5) is 20.5. The number of hydrogen-bond acceptors (Lipinski definition) is 6. The number of nitrogens with zero attached hydrogens (tertiary/aromatic N) is 3. The summed E-state index contributed by atoms with van der Waals surface area (Å²) in [6.45, 7) is 1.15. The van der Waals surface area contributed by atoms with E-state index in [1.54, 1.807) is 22.9 Å². The fourth-order valence-corrected chi connectivity index (χ4v) is 4.25. The second kappa shape index (κ2) is 6.57. The Morgan fingerprint density at radius 1 is 1.57 bits per heavy atom. The van der Waals surface area contributed by atoms with Crippen LogP contribution in [0, 0.1) is 0 Å². The Morgan fingerprint density at radius 2 is 2.39 bits per heavy atom. The van der Waals surface area contributed by atoms with E-state index in [9.17, 15) is 9.90 Å². The smallest absolute Gasteiger partial charge is 0.255 e.